The molecule has 0 aromatic heterocycles. The molecule has 116 valence electrons. The summed E-state index contributed by atoms with van der Waals surface area (Å²) in [4.78, 5) is 22.7. The van der Waals surface area contributed by atoms with Gasteiger partial charge in [0.2, 0.25) is 0 Å². The van der Waals surface area contributed by atoms with Gasteiger partial charge in [-0.3, -0.25) is 4.79 Å². The molecule has 0 heterocycles. The van der Waals surface area contributed by atoms with E-state index in [1.54, 1.807) is 0 Å². The van der Waals surface area contributed by atoms with Gasteiger partial charge in [0.25, 0.3) is 0 Å². The molecule has 0 aromatic carbocycles. The number of ether oxygens (including phenoxy) is 1. The summed E-state index contributed by atoms with van der Waals surface area (Å²) in [7, 11) is 0. The number of carbonyl (C=O) groups excluding carboxylic acids is 1. The van der Waals surface area contributed by atoms with Crippen molar-refractivity contribution < 1.29 is 19.4 Å². The highest BCUT2D eigenvalue weighted by Crippen LogP contribution is 2.36. The number of carboxylic acid groups (broad SMARTS) is 1. The number of rotatable bonds is 9. The number of carboxylic acids is 1. The average Bonchev–Trinajstić information content (AvgIpc) is 2.32. The summed E-state index contributed by atoms with van der Waals surface area (Å²) in [6, 6.07) is 0. The third-order valence-corrected chi connectivity index (χ3v) is 3.81. The number of unbranched alkanes of at least 4 members (excludes halogenated alkanes) is 1. The van der Waals surface area contributed by atoms with Gasteiger partial charge in [-0.25, -0.2) is 4.79 Å². The Bertz CT molecular complexity index is 347. The first-order chi connectivity index (χ1) is 9.17. The first-order valence-corrected chi connectivity index (χ1v) is 7.30. The van der Waals surface area contributed by atoms with Gasteiger partial charge in [0.05, 0.1) is 6.42 Å². The lowest BCUT2D eigenvalue weighted by atomic mass is 9.76. The van der Waals surface area contributed by atoms with E-state index in [0.29, 0.717) is 0 Å². The van der Waals surface area contributed by atoms with Gasteiger partial charge in [0.15, 0.2) is 0 Å². The third-order valence-electron chi connectivity index (χ3n) is 3.81. The molecule has 0 rings (SSSR count). The molecular formula is C16H28O4. The first-order valence-electron chi connectivity index (χ1n) is 7.30. The summed E-state index contributed by atoms with van der Waals surface area (Å²) in [6.07, 6.45) is 2.40. The number of esters is 1. The van der Waals surface area contributed by atoms with Gasteiger partial charge in [-0.2, -0.15) is 0 Å². The molecule has 0 aliphatic heterocycles. The van der Waals surface area contributed by atoms with Gasteiger partial charge in [-0.15, -0.1) is 0 Å². The Balaban J connectivity index is 5.09. The van der Waals surface area contributed by atoms with Gasteiger partial charge in [-0.05, 0) is 24.7 Å². The molecule has 0 saturated heterocycles. The largest absolute Gasteiger partial charge is 0.481 e. The van der Waals surface area contributed by atoms with Crippen LogP contribution in [0, 0.1) is 11.8 Å². The maximum absolute atomic E-state index is 12.1. The van der Waals surface area contributed by atoms with Crippen molar-refractivity contribution in [2.45, 2.75) is 65.9 Å². The molecule has 0 fully saturated rings. The summed E-state index contributed by atoms with van der Waals surface area (Å²) >= 11 is 0. The minimum atomic E-state index is -1.07. The molecule has 1 N–H and O–H groups in total. The Hall–Kier alpha value is -1.32. The number of hydrogen-bond acceptors (Lipinski definition) is 3. The van der Waals surface area contributed by atoms with E-state index in [9.17, 15) is 9.59 Å². The summed E-state index contributed by atoms with van der Waals surface area (Å²) in [5, 5.41) is 8.72. The molecule has 20 heavy (non-hydrogen) atoms. The molecule has 0 spiro atoms. The van der Waals surface area contributed by atoms with Gasteiger partial charge in [-0.1, -0.05) is 47.6 Å². The van der Waals surface area contributed by atoms with E-state index in [-0.39, 0.29) is 23.8 Å². The van der Waals surface area contributed by atoms with Crippen molar-refractivity contribution in [2.75, 3.05) is 0 Å². The van der Waals surface area contributed by atoms with E-state index in [4.69, 9.17) is 9.84 Å². The Morgan fingerprint density at radius 3 is 2.05 bits per heavy atom. The molecule has 0 amide bonds. The molecule has 4 heteroatoms. The fourth-order valence-electron chi connectivity index (χ4n) is 2.48. The fraction of sp³-hybridized carbons (Fsp3) is 0.750. The maximum Gasteiger partial charge on any atom is 0.334 e. The Morgan fingerprint density at radius 1 is 1.20 bits per heavy atom. The second-order valence-electron chi connectivity index (χ2n) is 5.93. The minimum absolute atomic E-state index is 0.000302. The van der Waals surface area contributed by atoms with E-state index in [1.807, 2.05) is 27.7 Å². The molecule has 0 aromatic rings. The fourth-order valence-corrected chi connectivity index (χ4v) is 2.48. The van der Waals surface area contributed by atoms with Crippen molar-refractivity contribution >= 4 is 11.9 Å². The van der Waals surface area contributed by atoms with Crippen molar-refractivity contribution in [1.29, 1.82) is 0 Å². The summed E-state index contributed by atoms with van der Waals surface area (Å²) in [5.74, 6) is -1.34. The predicted octanol–water partition coefficient (Wildman–Crippen LogP) is 3.80. The molecule has 4 nitrogen and oxygen atoms in total. The second-order valence-corrected chi connectivity index (χ2v) is 5.93. The SMILES string of the molecule is C=C(CC(=O)O)C(=O)OC(CCCC)(C(C)C)C(C)C. The highest BCUT2D eigenvalue weighted by Gasteiger charge is 2.40. The van der Waals surface area contributed by atoms with Crippen LogP contribution in [0.1, 0.15) is 60.3 Å². The third kappa shape index (κ3) is 4.99. The van der Waals surface area contributed by atoms with E-state index in [2.05, 4.69) is 13.5 Å². The zero-order valence-electron chi connectivity index (χ0n) is 13.4. The molecule has 0 saturated carbocycles. The lowest BCUT2D eigenvalue weighted by molar-refractivity contribution is -0.169. The Kier molecular flexibility index (Phi) is 7.54. The standard InChI is InChI=1S/C16H28O4/c1-7-8-9-16(11(2)3,12(4)5)20-15(19)13(6)10-14(17)18/h11-12H,6-10H2,1-5H3,(H,17,18). The summed E-state index contributed by atoms with van der Waals surface area (Å²) in [5.41, 5.74) is -0.561. The molecule has 0 atom stereocenters. The first kappa shape index (κ1) is 18.7. The topological polar surface area (TPSA) is 63.6 Å². The van der Waals surface area contributed by atoms with E-state index in [1.165, 1.54) is 0 Å². The highest BCUT2D eigenvalue weighted by molar-refractivity contribution is 5.93. The molecule has 0 unspecified atom stereocenters. The summed E-state index contributed by atoms with van der Waals surface area (Å²) < 4.78 is 5.72. The smallest absolute Gasteiger partial charge is 0.334 e. The van der Waals surface area contributed by atoms with Crippen molar-refractivity contribution in [3.8, 4) is 0 Å². The van der Waals surface area contributed by atoms with Crippen LogP contribution in [0.2, 0.25) is 0 Å². The quantitative estimate of drug-likeness (QED) is 0.516. The number of aliphatic carboxylic acids is 1. The van der Waals surface area contributed by atoms with Crippen LogP contribution in [-0.4, -0.2) is 22.6 Å². The van der Waals surface area contributed by atoms with Crippen LogP contribution in [0.25, 0.3) is 0 Å². The van der Waals surface area contributed by atoms with Crippen LogP contribution >= 0.6 is 0 Å². The summed E-state index contributed by atoms with van der Waals surface area (Å²) in [6.45, 7) is 13.7. The van der Waals surface area contributed by atoms with Gasteiger partial charge >= 0.3 is 11.9 Å². The van der Waals surface area contributed by atoms with Crippen molar-refractivity contribution in [1.82, 2.24) is 0 Å². The zero-order chi connectivity index (χ0) is 15.9. The molecular weight excluding hydrogens is 256 g/mol. The zero-order valence-corrected chi connectivity index (χ0v) is 13.4. The van der Waals surface area contributed by atoms with Crippen LogP contribution in [0.3, 0.4) is 0 Å². The van der Waals surface area contributed by atoms with E-state index in [0.717, 1.165) is 19.3 Å². The average molecular weight is 284 g/mol. The maximum atomic E-state index is 12.1. The minimum Gasteiger partial charge on any atom is -0.481 e. The predicted molar refractivity (Wildman–Crippen MR) is 79.4 cm³/mol. The molecule has 0 radical (unpaired) electrons. The van der Waals surface area contributed by atoms with Crippen LogP contribution in [0.15, 0.2) is 12.2 Å². The van der Waals surface area contributed by atoms with Crippen LogP contribution in [0.4, 0.5) is 0 Å². The van der Waals surface area contributed by atoms with Crippen LogP contribution in [-0.2, 0) is 14.3 Å². The lowest BCUT2D eigenvalue weighted by Crippen LogP contribution is -2.45. The van der Waals surface area contributed by atoms with Crippen molar-refractivity contribution in [2.24, 2.45) is 11.8 Å². The number of hydrogen-bond donors (Lipinski definition) is 1. The second kappa shape index (κ2) is 8.08. The van der Waals surface area contributed by atoms with E-state index < -0.39 is 17.5 Å². The highest BCUT2D eigenvalue weighted by atomic mass is 16.6. The van der Waals surface area contributed by atoms with Gasteiger partial charge in [0.1, 0.15) is 5.60 Å². The van der Waals surface area contributed by atoms with Gasteiger partial charge in [0, 0.05) is 5.57 Å². The molecule has 0 aliphatic rings. The van der Waals surface area contributed by atoms with Gasteiger partial charge < -0.3 is 9.84 Å². The van der Waals surface area contributed by atoms with Crippen LogP contribution < -0.4 is 0 Å². The Labute approximate surface area is 122 Å². The molecule has 0 bridgehead atoms. The van der Waals surface area contributed by atoms with Crippen LogP contribution in [0.5, 0.6) is 0 Å². The molecule has 0 aliphatic carbocycles. The Morgan fingerprint density at radius 2 is 1.70 bits per heavy atom. The van der Waals surface area contributed by atoms with E-state index >= 15 is 0 Å². The number of carbonyl (C=O) groups is 2. The van der Waals surface area contributed by atoms with Crippen molar-refractivity contribution in [3.05, 3.63) is 12.2 Å². The van der Waals surface area contributed by atoms with Crippen molar-refractivity contribution in [3.63, 3.8) is 0 Å². The lowest BCUT2D eigenvalue weighted by Gasteiger charge is -2.41. The monoisotopic (exact) mass is 284 g/mol. The normalized spacial score (nSPS) is 11.8.